The lowest BCUT2D eigenvalue weighted by molar-refractivity contribution is 0.547. The minimum atomic E-state index is -0.263. The van der Waals surface area contributed by atoms with E-state index >= 15 is 0 Å². The molecule has 144 valence electrons. The summed E-state index contributed by atoms with van der Waals surface area (Å²) in [5, 5.41) is 7.31. The zero-order valence-corrected chi connectivity index (χ0v) is 17.8. The molecule has 0 saturated heterocycles. The highest BCUT2D eigenvalue weighted by atomic mass is 127. The standard InChI is InChI=1S/C20H23FN4O.HI/c1-3-22-20(24-11-9-16-6-4-5-10-23-16)25-13-19-14(2)17-12-15(21)7-8-18(17)26-19;/h4-8,10,12H,3,9,11,13H2,1-2H3,(H2,22,24,25);1H. The van der Waals surface area contributed by atoms with Crippen LogP contribution in [0.5, 0.6) is 0 Å². The van der Waals surface area contributed by atoms with Crippen molar-refractivity contribution < 1.29 is 8.81 Å². The summed E-state index contributed by atoms with van der Waals surface area (Å²) in [5.74, 6) is 1.20. The minimum absolute atomic E-state index is 0. The van der Waals surface area contributed by atoms with E-state index in [1.807, 2.05) is 32.0 Å². The summed E-state index contributed by atoms with van der Waals surface area (Å²) in [5.41, 5.74) is 2.64. The average molecular weight is 482 g/mol. The Morgan fingerprint density at radius 2 is 2.07 bits per heavy atom. The third kappa shape index (κ3) is 5.66. The summed E-state index contributed by atoms with van der Waals surface area (Å²) in [6.45, 7) is 5.83. The second-order valence-corrected chi connectivity index (χ2v) is 5.98. The number of pyridine rings is 1. The van der Waals surface area contributed by atoms with Gasteiger partial charge >= 0.3 is 0 Å². The minimum Gasteiger partial charge on any atom is -0.459 e. The van der Waals surface area contributed by atoms with Gasteiger partial charge in [-0.15, -0.1) is 24.0 Å². The first-order valence-corrected chi connectivity index (χ1v) is 8.77. The number of furan rings is 1. The summed E-state index contributed by atoms with van der Waals surface area (Å²) < 4.78 is 19.2. The lowest BCUT2D eigenvalue weighted by atomic mass is 10.1. The molecule has 1 aromatic carbocycles. The van der Waals surface area contributed by atoms with Gasteiger partial charge in [0, 0.05) is 42.4 Å². The van der Waals surface area contributed by atoms with E-state index in [-0.39, 0.29) is 29.8 Å². The largest absolute Gasteiger partial charge is 0.459 e. The van der Waals surface area contributed by atoms with Crippen LogP contribution in [0, 0.1) is 12.7 Å². The van der Waals surface area contributed by atoms with E-state index in [1.165, 1.54) is 12.1 Å². The van der Waals surface area contributed by atoms with Crippen LogP contribution in [-0.2, 0) is 13.0 Å². The van der Waals surface area contributed by atoms with Gasteiger partial charge in [0.2, 0.25) is 0 Å². The van der Waals surface area contributed by atoms with Gasteiger partial charge in [0.1, 0.15) is 23.7 Å². The molecule has 27 heavy (non-hydrogen) atoms. The van der Waals surface area contributed by atoms with E-state index in [1.54, 1.807) is 12.3 Å². The van der Waals surface area contributed by atoms with E-state index < -0.39 is 0 Å². The summed E-state index contributed by atoms with van der Waals surface area (Å²) >= 11 is 0. The zero-order chi connectivity index (χ0) is 18.4. The summed E-state index contributed by atoms with van der Waals surface area (Å²) in [6, 6.07) is 10.4. The Morgan fingerprint density at radius 1 is 1.22 bits per heavy atom. The molecule has 0 aliphatic heterocycles. The van der Waals surface area contributed by atoms with Crippen LogP contribution in [0.25, 0.3) is 11.0 Å². The summed E-state index contributed by atoms with van der Waals surface area (Å²) in [6.07, 6.45) is 2.61. The molecule has 0 unspecified atom stereocenters. The number of guanidine groups is 1. The van der Waals surface area contributed by atoms with Crippen molar-refractivity contribution in [3.63, 3.8) is 0 Å². The molecule has 2 heterocycles. The maximum Gasteiger partial charge on any atom is 0.191 e. The Kier molecular flexibility index (Phi) is 8.02. The zero-order valence-electron chi connectivity index (χ0n) is 15.5. The maximum atomic E-state index is 13.4. The third-order valence-electron chi connectivity index (χ3n) is 4.12. The van der Waals surface area contributed by atoms with E-state index in [4.69, 9.17) is 4.42 Å². The summed E-state index contributed by atoms with van der Waals surface area (Å²) in [7, 11) is 0. The van der Waals surface area contributed by atoms with Crippen LogP contribution in [0.4, 0.5) is 4.39 Å². The van der Waals surface area contributed by atoms with Gasteiger partial charge in [-0.1, -0.05) is 6.07 Å². The highest BCUT2D eigenvalue weighted by Crippen LogP contribution is 2.26. The maximum absolute atomic E-state index is 13.4. The number of benzene rings is 1. The van der Waals surface area contributed by atoms with Gasteiger partial charge in [-0.3, -0.25) is 4.98 Å². The number of hydrogen-bond acceptors (Lipinski definition) is 3. The second-order valence-electron chi connectivity index (χ2n) is 5.98. The fourth-order valence-corrected chi connectivity index (χ4v) is 2.74. The van der Waals surface area contributed by atoms with Crippen molar-refractivity contribution in [1.29, 1.82) is 0 Å². The van der Waals surface area contributed by atoms with E-state index in [0.29, 0.717) is 12.1 Å². The molecule has 3 aromatic rings. The molecule has 3 rings (SSSR count). The molecule has 2 aromatic heterocycles. The number of nitrogens with one attached hydrogen (secondary N) is 2. The van der Waals surface area contributed by atoms with Crippen molar-refractivity contribution in [2.45, 2.75) is 26.8 Å². The SMILES string of the molecule is CCNC(=NCc1oc2ccc(F)cc2c1C)NCCc1ccccn1.I. The lowest BCUT2D eigenvalue weighted by Gasteiger charge is -2.10. The predicted octanol–water partition coefficient (Wildman–Crippen LogP) is 4.19. The summed E-state index contributed by atoms with van der Waals surface area (Å²) in [4.78, 5) is 8.89. The highest BCUT2D eigenvalue weighted by molar-refractivity contribution is 14.0. The van der Waals surface area contributed by atoms with Crippen LogP contribution >= 0.6 is 24.0 Å². The molecule has 0 atom stereocenters. The van der Waals surface area contributed by atoms with Crippen LogP contribution < -0.4 is 10.6 Å². The topological polar surface area (TPSA) is 62.5 Å². The number of aromatic nitrogens is 1. The Hall–Kier alpha value is -2.16. The van der Waals surface area contributed by atoms with E-state index in [9.17, 15) is 4.39 Å². The molecule has 0 amide bonds. The van der Waals surface area contributed by atoms with Crippen LogP contribution in [0.15, 0.2) is 52.0 Å². The number of hydrogen-bond donors (Lipinski definition) is 2. The molecule has 2 N–H and O–H groups in total. The van der Waals surface area contributed by atoms with Crippen molar-refractivity contribution in [1.82, 2.24) is 15.6 Å². The fourth-order valence-electron chi connectivity index (χ4n) is 2.74. The van der Waals surface area contributed by atoms with Gasteiger partial charge in [0.25, 0.3) is 0 Å². The molecule has 0 bridgehead atoms. The Bertz CT molecular complexity index is 896. The normalized spacial score (nSPS) is 11.3. The number of halogens is 2. The highest BCUT2D eigenvalue weighted by Gasteiger charge is 2.11. The fraction of sp³-hybridized carbons (Fsp3) is 0.300. The number of fused-ring (bicyclic) bond motifs is 1. The van der Waals surface area contributed by atoms with Crippen molar-refractivity contribution in [3.05, 3.63) is 65.4 Å². The smallest absolute Gasteiger partial charge is 0.191 e. The van der Waals surface area contributed by atoms with Gasteiger partial charge < -0.3 is 15.1 Å². The van der Waals surface area contributed by atoms with Crippen LogP contribution in [0.2, 0.25) is 0 Å². The van der Waals surface area contributed by atoms with Crippen molar-refractivity contribution in [2.24, 2.45) is 4.99 Å². The lowest BCUT2D eigenvalue weighted by Crippen LogP contribution is -2.38. The Morgan fingerprint density at radius 3 is 2.81 bits per heavy atom. The molecule has 0 saturated carbocycles. The van der Waals surface area contributed by atoms with Gasteiger partial charge in [-0.25, -0.2) is 9.38 Å². The van der Waals surface area contributed by atoms with E-state index in [2.05, 4.69) is 20.6 Å². The van der Waals surface area contributed by atoms with Crippen molar-refractivity contribution >= 4 is 40.9 Å². The van der Waals surface area contributed by atoms with Crippen LogP contribution in [0.1, 0.15) is 23.9 Å². The van der Waals surface area contributed by atoms with Gasteiger partial charge in [0.05, 0.1) is 0 Å². The molecular weight excluding hydrogens is 458 g/mol. The first kappa shape index (κ1) is 21.1. The predicted molar refractivity (Wildman–Crippen MR) is 117 cm³/mol. The first-order chi connectivity index (χ1) is 12.7. The molecule has 0 radical (unpaired) electrons. The average Bonchev–Trinajstić information content (AvgIpc) is 2.96. The Labute approximate surface area is 175 Å². The van der Waals surface area contributed by atoms with Gasteiger partial charge in [-0.2, -0.15) is 0 Å². The molecule has 7 heteroatoms. The van der Waals surface area contributed by atoms with Crippen molar-refractivity contribution in [3.8, 4) is 0 Å². The monoisotopic (exact) mass is 482 g/mol. The van der Waals surface area contributed by atoms with E-state index in [0.717, 1.165) is 47.9 Å². The quantitative estimate of drug-likeness (QED) is 0.314. The first-order valence-electron chi connectivity index (χ1n) is 8.77. The number of aryl methyl sites for hydroxylation is 1. The third-order valence-corrected chi connectivity index (χ3v) is 4.12. The molecule has 0 spiro atoms. The molecule has 0 aliphatic carbocycles. The molecule has 5 nitrogen and oxygen atoms in total. The van der Waals surface area contributed by atoms with Crippen LogP contribution in [0.3, 0.4) is 0 Å². The molecule has 0 fully saturated rings. The van der Waals surface area contributed by atoms with Gasteiger partial charge in [0.15, 0.2) is 5.96 Å². The molecule has 0 aliphatic rings. The Balaban J connectivity index is 0.00000261. The second kappa shape index (κ2) is 10.2. The van der Waals surface area contributed by atoms with Crippen LogP contribution in [-0.4, -0.2) is 24.0 Å². The number of rotatable bonds is 6. The molecular formula is C20H24FIN4O. The number of aliphatic imine (C=N–C) groups is 1. The van der Waals surface area contributed by atoms with Gasteiger partial charge in [-0.05, 0) is 44.2 Å². The number of nitrogens with zero attached hydrogens (tertiary/aromatic N) is 2. The van der Waals surface area contributed by atoms with Crippen molar-refractivity contribution in [2.75, 3.05) is 13.1 Å².